The maximum Gasteiger partial charge on any atom is 0.152 e. The summed E-state index contributed by atoms with van der Waals surface area (Å²) in [6, 6.07) is 6.50. The molecular formula is C22H25N5O2S. The smallest absolute Gasteiger partial charge is 0.152 e. The molecule has 0 saturated carbocycles. The molecule has 0 spiro atoms. The number of rotatable bonds is 4. The minimum absolute atomic E-state index is 0.492. The number of benzene rings is 1. The largest absolute Gasteiger partial charge is 0.495 e. The molecule has 1 aliphatic heterocycles. The van der Waals surface area contributed by atoms with E-state index in [9.17, 15) is 0 Å². The number of fused-ring (bicyclic) bond motifs is 2. The Balaban J connectivity index is 1.68. The van der Waals surface area contributed by atoms with Crippen LogP contribution in [0, 0.1) is 6.92 Å². The molecule has 4 heterocycles. The van der Waals surface area contributed by atoms with Crippen molar-refractivity contribution >= 4 is 32.8 Å². The van der Waals surface area contributed by atoms with Crippen molar-refractivity contribution in [2.75, 3.05) is 39.1 Å². The topological polar surface area (TPSA) is 77.9 Å². The minimum atomic E-state index is 0.492. The molecule has 1 aromatic carbocycles. The van der Waals surface area contributed by atoms with Crippen molar-refractivity contribution in [3.05, 3.63) is 41.9 Å². The number of nitrogens with zero attached hydrogens (tertiary/aromatic N) is 4. The third-order valence-corrected chi connectivity index (χ3v) is 6.77. The molecule has 30 heavy (non-hydrogen) atoms. The number of nitrogen functional groups attached to an aromatic ring is 1. The Kier molecular flexibility index (Phi) is 5.06. The lowest BCUT2D eigenvalue weighted by atomic mass is 10.1. The highest BCUT2D eigenvalue weighted by Gasteiger charge is 2.21. The highest BCUT2D eigenvalue weighted by Crippen LogP contribution is 2.43. The average Bonchev–Trinajstić information content (AvgIpc) is 3.20. The van der Waals surface area contributed by atoms with Crippen molar-refractivity contribution in [2.45, 2.75) is 19.9 Å². The lowest BCUT2D eigenvalue weighted by Crippen LogP contribution is -2.25. The summed E-state index contributed by atoms with van der Waals surface area (Å²) in [4.78, 5) is 7.85. The summed E-state index contributed by atoms with van der Waals surface area (Å²) in [5, 5.41) is 5.60. The van der Waals surface area contributed by atoms with Crippen molar-refractivity contribution in [1.82, 2.24) is 19.5 Å². The third-order valence-electron chi connectivity index (χ3n) is 5.58. The second kappa shape index (κ2) is 7.86. The fraction of sp³-hybridized carbons (Fsp3) is 0.364. The average molecular weight is 424 g/mol. The number of nitrogens with two attached hydrogens (primary N) is 1. The highest BCUT2D eigenvalue weighted by atomic mass is 32.1. The molecule has 3 aromatic heterocycles. The number of methoxy groups -OCH3 is 1. The van der Waals surface area contributed by atoms with Gasteiger partial charge in [-0.2, -0.15) is 5.10 Å². The summed E-state index contributed by atoms with van der Waals surface area (Å²) in [5.74, 6) is 1.39. The predicted octanol–water partition coefficient (Wildman–Crippen LogP) is 3.73. The SMILES string of the molecule is COc1cc(C)cc2cc(-c3c(CN4CCCOCC4)cn4ncnc(N)c34)sc12. The third kappa shape index (κ3) is 3.40. The van der Waals surface area contributed by atoms with Gasteiger partial charge in [-0.25, -0.2) is 9.50 Å². The summed E-state index contributed by atoms with van der Waals surface area (Å²) in [6.07, 6.45) is 4.64. The van der Waals surface area contributed by atoms with Gasteiger partial charge in [-0.1, -0.05) is 6.07 Å². The lowest BCUT2D eigenvalue weighted by Gasteiger charge is -2.19. The Labute approximate surface area is 179 Å². The Morgan fingerprint density at radius 2 is 2.13 bits per heavy atom. The van der Waals surface area contributed by atoms with Crippen molar-refractivity contribution in [1.29, 1.82) is 0 Å². The van der Waals surface area contributed by atoms with Crippen molar-refractivity contribution in [2.24, 2.45) is 0 Å². The van der Waals surface area contributed by atoms with Crippen LogP contribution in [0.4, 0.5) is 5.82 Å². The maximum absolute atomic E-state index is 6.31. The molecule has 0 amide bonds. The van der Waals surface area contributed by atoms with E-state index in [0.29, 0.717) is 5.82 Å². The Hall–Kier alpha value is -2.68. The van der Waals surface area contributed by atoms with E-state index in [1.54, 1.807) is 18.4 Å². The molecule has 7 nitrogen and oxygen atoms in total. The first kappa shape index (κ1) is 19.3. The van der Waals surface area contributed by atoms with Crippen LogP contribution in [0.2, 0.25) is 0 Å². The van der Waals surface area contributed by atoms with Crippen LogP contribution in [-0.2, 0) is 11.3 Å². The summed E-state index contributed by atoms with van der Waals surface area (Å²) in [5.41, 5.74) is 10.7. The molecule has 0 bridgehead atoms. The zero-order chi connectivity index (χ0) is 20.7. The van der Waals surface area contributed by atoms with Crippen LogP contribution in [0.25, 0.3) is 26.0 Å². The van der Waals surface area contributed by atoms with Crippen molar-refractivity contribution < 1.29 is 9.47 Å². The minimum Gasteiger partial charge on any atom is -0.495 e. The fourth-order valence-corrected chi connectivity index (χ4v) is 5.43. The second-order valence-electron chi connectivity index (χ2n) is 7.71. The van der Waals surface area contributed by atoms with Gasteiger partial charge in [0.2, 0.25) is 0 Å². The van der Waals surface area contributed by atoms with Crippen LogP contribution in [0.15, 0.2) is 30.7 Å². The number of ether oxygens (including phenoxy) is 2. The van der Waals surface area contributed by atoms with E-state index in [1.165, 1.54) is 22.8 Å². The molecule has 1 fully saturated rings. The monoisotopic (exact) mass is 423 g/mol. The Bertz CT molecular complexity index is 1210. The van der Waals surface area contributed by atoms with Gasteiger partial charge >= 0.3 is 0 Å². The molecule has 4 aromatic rings. The van der Waals surface area contributed by atoms with E-state index >= 15 is 0 Å². The van der Waals surface area contributed by atoms with Gasteiger partial charge in [-0.05, 0) is 42.0 Å². The van der Waals surface area contributed by atoms with Crippen LogP contribution in [0.1, 0.15) is 17.5 Å². The number of hydrogen-bond acceptors (Lipinski definition) is 7. The maximum atomic E-state index is 6.31. The highest BCUT2D eigenvalue weighted by molar-refractivity contribution is 7.22. The molecule has 0 radical (unpaired) electrons. The first-order valence-corrected chi connectivity index (χ1v) is 10.9. The molecule has 8 heteroatoms. The van der Waals surface area contributed by atoms with E-state index in [4.69, 9.17) is 15.2 Å². The van der Waals surface area contributed by atoms with Crippen LogP contribution < -0.4 is 10.5 Å². The second-order valence-corrected chi connectivity index (χ2v) is 8.76. The summed E-state index contributed by atoms with van der Waals surface area (Å²) < 4.78 is 14.3. The molecule has 5 rings (SSSR count). The number of aryl methyl sites for hydroxylation is 1. The number of anilines is 1. The first-order valence-electron chi connectivity index (χ1n) is 10.1. The Morgan fingerprint density at radius 1 is 1.23 bits per heavy atom. The van der Waals surface area contributed by atoms with Gasteiger partial charge in [0.1, 0.15) is 17.6 Å². The number of thiophene rings is 1. The van der Waals surface area contributed by atoms with E-state index in [2.05, 4.69) is 46.3 Å². The van der Waals surface area contributed by atoms with E-state index < -0.39 is 0 Å². The summed E-state index contributed by atoms with van der Waals surface area (Å²) in [7, 11) is 1.72. The zero-order valence-corrected chi connectivity index (χ0v) is 18.0. The molecule has 0 aliphatic carbocycles. The van der Waals surface area contributed by atoms with E-state index in [0.717, 1.165) is 65.7 Å². The fourth-order valence-electron chi connectivity index (χ4n) is 4.22. The first-order chi connectivity index (χ1) is 14.6. The lowest BCUT2D eigenvalue weighted by molar-refractivity contribution is 0.140. The number of hydrogen-bond donors (Lipinski definition) is 1. The number of aromatic nitrogens is 3. The quantitative estimate of drug-likeness (QED) is 0.539. The van der Waals surface area contributed by atoms with Crippen LogP contribution in [0.5, 0.6) is 5.75 Å². The molecule has 0 atom stereocenters. The normalized spacial score (nSPS) is 15.7. The zero-order valence-electron chi connectivity index (χ0n) is 17.2. The van der Waals surface area contributed by atoms with Gasteiger partial charge in [-0.15, -0.1) is 11.3 Å². The van der Waals surface area contributed by atoms with E-state index in [-0.39, 0.29) is 0 Å². The van der Waals surface area contributed by atoms with Gasteiger partial charge in [0.25, 0.3) is 0 Å². The van der Waals surface area contributed by atoms with Crippen LogP contribution in [-0.4, -0.2) is 52.9 Å². The van der Waals surface area contributed by atoms with Crippen LogP contribution >= 0.6 is 11.3 Å². The standard InChI is InChI=1S/C22H25N5O2S/c1-14-8-15-10-18(30-21(15)17(9-14)28-2)19-16(11-26-4-3-6-29-7-5-26)12-27-20(19)22(23)24-13-25-27/h8-10,12-13H,3-7,11H2,1-2H3,(H2,23,24,25). The molecule has 2 N–H and O–H groups in total. The summed E-state index contributed by atoms with van der Waals surface area (Å²) >= 11 is 1.73. The van der Waals surface area contributed by atoms with Gasteiger partial charge < -0.3 is 15.2 Å². The van der Waals surface area contributed by atoms with Gasteiger partial charge in [-0.3, -0.25) is 4.90 Å². The summed E-state index contributed by atoms with van der Waals surface area (Å²) in [6.45, 7) is 6.45. The molecule has 0 unspecified atom stereocenters. The van der Waals surface area contributed by atoms with Gasteiger partial charge in [0.05, 0.1) is 18.4 Å². The van der Waals surface area contributed by atoms with Gasteiger partial charge in [0.15, 0.2) is 5.82 Å². The Morgan fingerprint density at radius 3 is 3.00 bits per heavy atom. The predicted molar refractivity (Wildman–Crippen MR) is 120 cm³/mol. The van der Waals surface area contributed by atoms with Gasteiger partial charge in [0, 0.05) is 42.9 Å². The van der Waals surface area contributed by atoms with Crippen LogP contribution in [0.3, 0.4) is 0 Å². The van der Waals surface area contributed by atoms with E-state index in [1.807, 2.05) is 4.52 Å². The molecule has 156 valence electrons. The molecule has 1 aliphatic rings. The molecular weight excluding hydrogens is 398 g/mol. The van der Waals surface area contributed by atoms with Crippen molar-refractivity contribution in [3.63, 3.8) is 0 Å². The van der Waals surface area contributed by atoms with Crippen molar-refractivity contribution in [3.8, 4) is 16.2 Å². The molecule has 1 saturated heterocycles.